The molecule has 7 heteroatoms. The predicted octanol–water partition coefficient (Wildman–Crippen LogP) is -0.0317. The van der Waals surface area contributed by atoms with Crippen LogP contribution in [0.4, 0.5) is 0 Å². The molecule has 0 radical (unpaired) electrons. The molecule has 0 aliphatic rings. The van der Waals surface area contributed by atoms with Crippen LogP contribution in [0.15, 0.2) is 39.5 Å². The summed E-state index contributed by atoms with van der Waals surface area (Å²) in [6, 6.07) is 7.45. The highest BCUT2D eigenvalue weighted by Gasteiger charge is 2.17. The van der Waals surface area contributed by atoms with Crippen LogP contribution in [-0.2, 0) is 4.79 Å². The third kappa shape index (κ3) is 2.83. The van der Waals surface area contributed by atoms with Crippen molar-refractivity contribution in [1.29, 1.82) is 0 Å². The molecule has 0 saturated heterocycles. The molecule has 0 bridgehead atoms. The molecule has 1 heterocycles. The lowest BCUT2D eigenvalue weighted by molar-refractivity contribution is -0.146. The summed E-state index contributed by atoms with van der Waals surface area (Å²) in [4.78, 5) is 33.9. The van der Waals surface area contributed by atoms with Crippen molar-refractivity contribution < 1.29 is 24.2 Å². The molecule has 2 aromatic rings. The summed E-state index contributed by atoms with van der Waals surface area (Å²) in [5.74, 6) is -2.47. The van der Waals surface area contributed by atoms with Gasteiger partial charge in [0.1, 0.15) is 5.58 Å². The first-order valence-electron chi connectivity index (χ1n) is 5.71. The quantitative estimate of drug-likeness (QED) is 0.722. The third-order valence-corrected chi connectivity index (χ3v) is 2.60. The minimum absolute atomic E-state index is 0.244. The van der Waals surface area contributed by atoms with E-state index in [-0.39, 0.29) is 16.8 Å². The molecule has 0 aliphatic carbocycles. The molecule has 1 aromatic carbocycles. The van der Waals surface area contributed by atoms with Gasteiger partial charge >= 0.3 is 5.97 Å². The van der Waals surface area contributed by atoms with E-state index in [1.165, 1.54) is 0 Å². The third-order valence-electron chi connectivity index (χ3n) is 2.60. The Morgan fingerprint density at radius 2 is 2.00 bits per heavy atom. The van der Waals surface area contributed by atoms with Crippen LogP contribution < -0.4 is 10.7 Å². The van der Waals surface area contributed by atoms with E-state index in [1.807, 2.05) is 0 Å². The zero-order valence-corrected chi connectivity index (χ0v) is 10.2. The number of aliphatic hydroxyl groups excluding tert-OH is 1. The monoisotopic (exact) mass is 277 g/mol. The van der Waals surface area contributed by atoms with Crippen LogP contribution in [0, 0.1) is 0 Å². The fourth-order valence-corrected chi connectivity index (χ4v) is 1.58. The lowest BCUT2D eigenvalue weighted by Crippen LogP contribution is -2.36. The van der Waals surface area contributed by atoms with Crippen LogP contribution >= 0.6 is 0 Å². The Kier molecular flexibility index (Phi) is 3.81. The molecule has 1 amide bonds. The molecule has 20 heavy (non-hydrogen) atoms. The van der Waals surface area contributed by atoms with Crippen LogP contribution in [0.2, 0.25) is 0 Å². The standard InChI is InChI=1S/C13H11NO6/c15-8-5-11(12(17)14-6-9(16)13(18)19)20-10-4-2-1-3-7(8)10/h1-5,9,16H,6H2,(H,14,17)(H,18,19). The number of fused-ring (bicyclic) bond motifs is 1. The molecule has 0 spiro atoms. The average Bonchev–Trinajstić information content (AvgIpc) is 2.44. The van der Waals surface area contributed by atoms with Crippen LogP contribution in [0.25, 0.3) is 11.0 Å². The second kappa shape index (κ2) is 5.54. The molecular weight excluding hydrogens is 266 g/mol. The topological polar surface area (TPSA) is 117 Å². The smallest absolute Gasteiger partial charge is 0.334 e. The summed E-state index contributed by atoms with van der Waals surface area (Å²) in [7, 11) is 0. The maximum absolute atomic E-state index is 11.8. The maximum Gasteiger partial charge on any atom is 0.334 e. The van der Waals surface area contributed by atoms with Gasteiger partial charge in [0, 0.05) is 6.07 Å². The lowest BCUT2D eigenvalue weighted by Gasteiger charge is -2.07. The van der Waals surface area contributed by atoms with Crippen molar-refractivity contribution in [3.63, 3.8) is 0 Å². The van der Waals surface area contributed by atoms with E-state index in [9.17, 15) is 14.4 Å². The highest BCUT2D eigenvalue weighted by molar-refractivity contribution is 5.93. The average molecular weight is 277 g/mol. The van der Waals surface area contributed by atoms with Crippen molar-refractivity contribution in [2.24, 2.45) is 0 Å². The van der Waals surface area contributed by atoms with Gasteiger partial charge in [0.25, 0.3) is 5.91 Å². The fraction of sp³-hybridized carbons (Fsp3) is 0.154. The van der Waals surface area contributed by atoms with Crippen molar-refractivity contribution in [2.75, 3.05) is 6.54 Å². The van der Waals surface area contributed by atoms with Crippen molar-refractivity contribution in [1.82, 2.24) is 5.32 Å². The van der Waals surface area contributed by atoms with Gasteiger partial charge in [-0.2, -0.15) is 0 Å². The fourth-order valence-electron chi connectivity index (χ4n) is 1.58. The number of hydrogen-bond acceptors (Lipinski definition) is 5. The normalized spacial score (nSPS) is 12.1. The Morgan fingerprint density at radius 1 is 1.30 bits per heavy atom. The van der Waals surface area contributed by atoms with E-state index in [0.717, 1.165) is 6.07 Å². The van der Waals surface area contributed by atoms with Gasteiger partial charge in [-0.1, -0.05) is 12.1 Å². The molecule has 0 aliphatic heterocycles. The Morgan fingerprint density at radius 3 is 2.70 bits per heavy atom. The van der Waals surface area contributed by atoms with Crippen LogP contribution in [0.3, 0.4) is 0 Å². The first kappa shape index (κ1) is 13.8. The number of rotatable bonds is 4. The van der Waals surface area contributed by atoms with E-state index in [1.54, 1.807) is 24.3 Å². The van der Waals surface area contributed by atoms with E-state index in [2.05, 4.69) is 5.32 Å². The summed E-state index contributed by atoms with van der Waals surface area (Å²) < 4.78 is 5.26. The number of hydrogen-bond donors (Lipinski definition) is 3. The number of aliphatic hydroxyl groups is 1. The highest BCUT2D eigenvalue weighted by Crippen LogP contribution is 2.11. The van der Waals surface area contributed by atoms with Gasteiger partial charge in [-0.05, 0) is 12.1 Å². The molecular formula is C13H11NO6. The van der Waals surface area contributed by atoms with Gasteiger partial charge < -0.3 is 19.9 Å². The van der Waals surface area contributed by atoms with Gasteiger partial charge in [-0.3, -0.25) is 9.59 Å². The minimum atomic E-state index is -1.72. The largest absolute Gasteiger partial charge is 0.479 e. The Balaban J connectivity index is 2.23. The van der Waals surface area contributed by atoms with Crippen LogP contribution in [0.1, 0.15) is 10.6 Å². The van der Waals surface area contributed by atoms with Crippen LogP contribution in [-0.4, -0.2) is 34.7 Å². The number of nitrogens with one attached hydrogen (secondary N) is 1. The summed E-state index contributed by atoms with van der Waals surface area (Å²) in [5, 5.41) is 20.0. The molecule has 1 atom stereocenters. The Bertz CT molecular complexity index is 720. The molecule has 2 rings (SSSR count). The number of carbonyl (C=O) groups is 2. The summed E-state index contributed by atoms with van der Waals surface area (Å²) in [6.07, 6.45) is -1.72. The highest BCUT2D eigenvalue weighted by atomic mass is 16.4. The number of para-hydroxylation sites is 1. The van der Waals surface area contributed by atoms with Gasteiger partial charge in [0.2, 0.25) is 0 Å². The van der Waals surface area contributed by atoms with Gasteiger partial charge in [0.15, 0.2) is 17.3 Å². The summed E-state index contributed by atoms with van der Waals surface area (Å²) in [5.41, 5.74) is -0.125. The van der Waals surface area contributed by atoms with E-state index < -0.39 is 24.5 Å². The Hall–Kier alpha value is -2.67. The number of amides is 1. The van der Waals surface area contributed by atoms with Crippen LogP contribution in [0.5, 0.6) is 0 Å². The zero-order valence-electron chi connectivity index (χ0n) is 10.2. The number of carboxylic acid groups (broad SMARTS) is 1. The second-order valence-electron chi connectivity index (χ2n) is 4.04. The molecule has 3 N–H and O–H groups in total. The van der Waals surface area contributed by atoms with Crippen molar-refractivity contribution in [3.05, 3.63) is 46.3 Å². The number of carboxylic acids is 1. The SMILES string of the molecule is O=C(NCC(O)C(=O)O)c1cc(=O)c2ccccc2o1. The maximum atomic E-state index is 11.8. The molecule has 7 nitrogen and oxygen atoms in total. The van der Waals surface area contributed by atoms with E-state index >= 15 is 0 Å². The number of aliphatic carboxylic acids is 1. The van der Waals surface area contributed by atoms with Gasteiger partial charge in [-0.25, -0.2) is 4.79 Å². The van der Waals surface area contributed by atoms with Gasteiger partial charge in [0.05, 0.1) is 11.9 Å². The van der Waals surface area contributed by atoms with E-state index in [4.69, 9.17) is 14.6 Å². The molecule has 0 saturated carbocycles. The second-order valence-corrected chi connectivity index (χ2v) is 4.04. The van der Waals surface area contributed by atoms with Gasteiger partial charge in [-0.15, -0.1) is 0 Å². The number of carbonyl (C=O) groups excluding carboxylic acids is 1. The molecule has 104 valence electrons. The summed E-state index contributed by atoms with van der Waals surface area (Å²) in [6.45, 7) is -0.481. The van der Waals surface area contributed by atoms with Crippen molar-refractivity contribution >= 4 is 22.8 Å². The van der Waals surface area contributed by atoms with Crippen molar-refractivity contribution in [3.8, 4) is 0 Å². The van der Waals surface area contributed by atoms with Crippen molar-refractivity contribution in [2.45, 2.75) is 6.10 Å². The molecule has 1 unspecified atom stereocenters. The summed E-state index contributed by atoms with van der Waals surface area (Å²) >= 11 is 0. The molecule has 0 fully saturated rings. The van der Waals surface area contributed by atoms with E-state index in [0.29, 0.717) is 5.39 Å². The Labute approximate surface area is 112 Å². The lowest BCUT2D eigenvalue weighted by atomic mass is 10.2. The number of benzene rings is 1. The molecule has 1 aromatic heterocycles. The zero-order chi connectivity index (χ0) is 14.7. The first-order chi connectivity index (χ1) is 9.49. The predicted molar refractivity (Wildman–Crippen MR) is 68.5 cm³/mol. The minimum Gasteiger partial charge on any atom is -0.479 e. The first-order valence-corrected chi connectivity index (χ1v) is 5.71.